The van der Waals surface area contributed by atoms with Gasteiger partial charge in [0, 0.05) is 18.7 Å². The van der Waals surface area contributed by atoms with Crippen LogP contribution in [0.1, 0.15) is 38.3 Å². The zero-order valence-corrected chi connectivity index (χ0v) is 16.5. The van der Waals surface area contributed by atoms with E-state index >= 15 is 0 Å². The van der Waals surface area contributed by atoms with Crippen LogP contribution in [0.4, 0.5) is 4.79 Å². The van der Waals surface area contributed by atoms with Crippen LogP contribution in [0.15, 0.2) is 53.7 Å². The van der Waals surface area contributed by atoms with Crippen LogP contribution in [0.3, 0.4) is 0 Å². The number of carbonyl (C=O) groups excluding carboxylic acids is 2. The molecule has 0 saturated carbocycles. The topological polar surface area (TPSA) is 95.9 Å². The molecule has 3 rings (SSSR count). The first-order valence-electron chi connectivity index (χ1n) is 9.59. The maximum atomic E-state index is 12.8. The monoisotopic (exact) mass is 396 g/mol. The van der Waals surface area contributed by atoms with E-state index in [0.29, 0.717) is 11.3 Å². The maximum absolute atomic E-state index is 12.8. The minimum Gasteiger partial charge on any atom is -0.481 e. The molecule has 0 spiro atoms. The lowest BCUT2D eigenvalue weighted by Crippen LogP contribution is -2.48. The maximum Gasteiger partial charge on any atom is 0.338 e. The fraction of sp³-hybridized carbons (Fsp3) is 0.318. The number of carboxylic acids is 1. The number of carboxylic acid groups (broad SMARTS) is 1. The predicted octanol–water partition coefficient (Wildman–Crippen LogP) is 3.61. The van der Waals surface area contributed by atoms with Crippen molar-refractivity contribution in [2.45, 2.75) is 32.7 Å². The van der Waals surface area contributed by atoms with E-state index < -0.39 is 18.0 Å². The van der Waals surface area contributed by atoms with Crippen LogP contribution < -0.4 is 5.32 Å². The van der Waals surface area contributed by atoms with Gasteiger partial charge in [-0.1, -0.05) is 42.5 Å². The standard InChI is InChI=1S/C22H24N2O5/c1-3-29-21(27)19-14(2)24(13-7-12-18(25)26)22(28)23-20(19)17-11-6-9-15-8-4-5-10-16(15)17/h4-6,8-11,20H,3,7,12-13H2,1-2H3,(H,23,28)(H,25,26). The number of nitrogens with one attached hydrogen (secondary N) is 1. The quantitative estimate of drug-likeness (QED) is 0.697. The number of hydrogen-bond donors (Lipinski definition) is 2. The van der Waals surface area contributed by atoms with Crippen molar-refractivity contribution in [2.75, 3.05) is 13.2 Å². The summed E-state index contributed by atoms with van der Waals surface area (Å²) in [4.78, 5) is 37.8. The van der Waals surface area contributed by atoms with Gasteiger partial charge >= 0.3 is 18.0 Å². The smallest absolute Gasteiger partial charge is 0.338 e. The summed E-state index contributed by atoms with van der Waals surface area (Å²) in [6.45, 7) is 3.84. The van der Waals surface area contributed by atoms with Crippen LogP contribution in [0.2, 0.25) is 0 Å². The van der Waals surface area contributed by atoms with Gasteiger partial charge in [0.05, 0.1) is 18.2 Å². The number of carbonyl (C=O) groups is 3. The van der Waals surface area contributed by atoms with Crippen molar-refractivity contribution in [1.29, 1.82) is 0 Å². The lowest BCUT2D eigenvalue weighted by molar-refractivity contribution is -0.139. The molecule has 152 valence electrons. The Morgan fingerprint density at radius 2 is 1.90 bits per heavy atom. The molecule has 29 heavy (non-hydrogen) atoms. The van der Waals surface area contributed by atoms with Crippen molar-refractivity contribution in [3.63, 3.8) is 0 Å². The van der Waals surface area contributed by atoms with Crippen LogP contribution in [0.5, 0.6) is 0 Å². The van der Waals surface area contributed by atoms with Gasteiger partial charge in [0.25, 0.3) is 0 Å². The Morgan fingerprint density at radius 3 is 2.62 bits per heavy atom. The second kappa shape index (κ2) is 8.77. The predicted molar refractivity (Wildman–Crippen MR) is 108 cm³/mol. The van der Waals surface area contributed by atoms with E-state index in [9.17, 15) is 14.4 Å². The van der Waals surface area contributed by atoms with E-state index in [0.717, 1.165) is 16.3 Å². The van der Waals surface area contributed by atoms with Crippen molar-refractivity contribution >= 4 is 28.7 Å². The summed E-state index contributed by atoms with van der Waals surface area (Å²) in [5, 5.41) is 13.7. The van der Waals surface area contributed by atoms with E-state index in [1.54, 1.807) is 13.8 Å². The molecule has 2 aromatic carbocycles. The number of amides is 2. The number of aliphatic carboxylic acids is 1. The Morgan fingerprint density at radius 1 is 1.17 bits per heavy atom. The lowest BCUT2D eigenvalue weighted by atomic mass is 9.91. The summed E-state index contributed by atoms with van der Waals surface area (Å²) < 4.78 is 5.27. The number of fused-ring (bicyclic) bond motifs is 1. The van der Waals surface area contributed by atoms with Crippen LogP contribution in [0, 0.1) is 0 Å². The Kier molecular flexibility index (Phi) is 6.16. The highest BCUT2D eigenvalue weighted by atomic mass is 16.5. The number of allylic oxidation sites excluding steroid dienone is 1. The van der Waals surface area contributed by atoms with Gasteiger partial charge in [-0.05, 0) is 36.6 Å². The minimum atomic E-state index is -0.928. The van der Waals surface area contributed by atoms with Gasteiger partial charge in [0.2, 0.25) is 0 Å². The van der Waals surface area contributed by atoms with Crippen molar-refractivity contribution in [2.24, 2.45) is 0 Å². The molecular weight excluding hydrogens is 372 g/mol. The first-order chi connectivity index (χ1) is 13.9. The first-order valence-corrected chi connectivity index (χ1v) is 9.59. The van der Waals surface area contributed by atoms with Gasteiger partial charge in [-0.3, -0.25) is 9.69 Å². The third kappa shape index (κ3) is 4.23. The van der Waals surface area contributed by atoms with Crippen LogP contribution in [0.25, 0.3) is 10.8 Å². The Balaban J connectivity index is 2.06. The third-order valence-electron chi connectivity index (χ3n) is 5.00. The molecule has 2 N–H and O–H groups in total. The fourth-order valence-electron chi connectivity index (χ4n) is 3.65. The number of hydrogen-bond acceptors (Lipinski definition) is 4. The Labute approximate surface area is 168 Å². The molecule has 0 fully saturated rings. The summed E-state index contributed by atoms with van der Waals surface area (Å²) in [5.74, 6) is -1.42. The molecule has 2 amide bonds. The summed E-state index contributed by atoms with van der Waals surface area (Å²) in [7, 11) is 0. The van der Waals surface area contributed by atoms with Gasteiger partial charge in [0.1, 0.15) is 0 Å². The largest absolute Gasteiger partial charge is 0.481 e. The van der Waals surface area contributed by atoms with E-state index in [-0.39, 0.29) is 32.0 Å². The van der Waals surface area contributed by atoms with Gasteiger partial charge in [0.15, 0.2) is 0 Å². The molecular formula is C22H24N2O5. The summed E-state index contributed by atoms with van der Waals surface area (Å²) in [6, 6.07) is 12.5. The molecule has 1 unspecified atom stereocenters. The molecule has 0 radical (unpaired) electrons. The molecule has 0 aromatic heterocycles. The number of esters is 1. The average molecular weight is 396 g/mol. The van der Waals surface area contributed by atoms with Crippen LogP contribution >= 0.6 is 0 Å². The van der Waals surface area contributed by atoms with E-state index in [2.05, 4.69) is 5.32 Å². The second-order valence-corrected chi connectivity index (χ2v) is 6.82. The molecule has 1 aliphatic heterocycles. The second-order valence-electron chi connectivity index (χ2n) is 6.82. The molecule has 1 aliphatic rings. The molecule has 1 atom stereocenters. The van der Waals surface area contributed by atoms with Crippen molar-refractivity contribution in [3.05, 3.63) is 59.3 Å². The first kappa shape index (κ1) is 20.4. The van der Waals surface area contributed by atoms with E-state index in [1.807, 2.05) is 42.5 Å². The van der Waals surface area contributed by atoms with Crippen molar-refractivity contribution < 1.29 is 24.2 Å². The molecule has 2 aromatic rings. The lowest BCUT2D eigenvalue weighted by Gasteiger charge is -2.35. The fourth-order valence-corrected chi connectivity index (χ4v) is 3.65. The normalized spacial score (nSPS) is 16.7. The third-order valence-corrected chi connectivity index (χ3v) is 5.00. The average Bonchev–Trinajstić information content (AvgIpc) is 2.69. The summed E-state index contributed by atoms with van der Waals surface area (Å²) in [5.41, 5.74) is 1.65. The van der Waals surface area contributed by atoms with E-state index in [1.165, 1.54) is 4.90 Å². The Hall–Kier alpha value is -3.35. The zero-order valence-electron chi connectivity index (χ0n) is 16.5. The van der Waals surface area contributed by atoms with E-state index in [4.69, 9.17) is 9.84 Å². The SMILES string of the molecule is CCOC(=O)C1=C(C)N(CCCC(=O)O)C(=O)NC1c1cccc2ccccc12. The summed E-state index contributed by atoms with van der Waals surface area (Å²) in [6.07, 6.45) is 0.230. The van der Waals surface area contributed by atoms with Crippen LogP contribution in [-0.4, -0.2) is 41.1 Å². The van der Waals surface area contributed by atoms with Crippen LogP contribution in [-0.2, 0) is 14.3 Å². The molecule has 1 heterocycles. The van der Waals surface area contributed by atoms with Gasteiger partial charge in [-0.2, -0.15) is 0 Å². The molecule has 7 heteroatoms. The van der Waals surface area contributed by atoms with Crippen molar-refractivity contribution in [3.8, 4) is 0 Å². The number of nitrogens with zero attached hydrogens (tertiary/aromatic N) is 1. The number of ether oxygens (including phenoxy) is 1. The summed E-state index contributed by atoms with van der Waals surface area (Å²) >= 11 is 0. The number of rotatable bonds is 7. The molecule has 0 aliphatic carbocycles. The highest BCUT2D eigenvalue weighted by Gasteiger charge is 2.36. The van der Waals surface area contributed by atoms with Gasteiger partial charge in [-0.25, -0.2) is 9.59 Å². The van der Waals surface area contributed by atoms with Gasteiger partial charge in [-0.15, -0.1) is 0 Å². The minimum absolute atomic E-state index is 0.0570. The zero-order chi connectivity index (χ0) is 21.0. The number of urea groups is 1. The number of benzene rings is 2. The highest BCUT2D eigenvalue weighted by molar-refractivity contribution is 5.97. The molecule has 7 nitrogen and oxygen atoms in total. The highest BCUT2D eigenvalue weighted by Crippen LogP contribution is 2.35. The Bertz CT molecular complexity index is 977. The van der Waals surface area contributed by atoms with Crippen molar-refractivity contribution in [1.82, 2.24) is 10.2 Å². The van der Waals surface area contributed by atoms with Gasteiger partial charge < -0.3 is 15.2 Å². The molecule has 0 bridgehead atoms. The molecule has 0 saturated heterocycles.